The third-order valence-corrected chi connectivity index (χ3v) is 3.80. The van der Waals surface area contributed by atoms with E-state index in [2.05, 4.69) is 15.3 Å². The van der Waals surface area contributed by atoms with Crippen LogP contribution in [0.15, 0.2) is 36.8 Å². The Morgan fingerprint density at radius 1 is 1.43 bits per heavy atom. The summed E-state index contributed by atoms with van der Waals surface area (Å²) < 4.78 is 11.1. The van der Waals surface area contributed by atoms with Gasteiger partial charge in [-0.1, -0.05) is 12.1 Å². The van der Waals surface area contributed by atoms with Gasteiger partial charge in [-0.2, -0.15) is 0 Å². The van der Waals surface area contributed by atoms with Gasteiger partial charge in [0, 0.05) is 31.1 Å². The van der Waals surface area contributed by atoms with E-state index < -0.39 is 0 Å². The Morgan fingerprint density at radius 3 is 3.13 bits per heavy atom. The van der Waals surface area contributed by atoms with Crippen molar-refractivity contribution in [3.8, 4) is 11.5 Å². The molecule has 1 aromatic heterocycles. The molecular weight excluding hydrogens is 294 g/mol. The van der Waals surface area contributed by atoms with Gasteiger partial charge < -0.3 is 14.8 Å². The fourth-order valence-corrected chi connectivity index (χ4v) is 2.66. The number of ether oxygens (including phenoxy) is 2. The Balaban J connectivity index is 1.53. The standard InChI is InChI=1S/C17H19N3O3/c1-22-15-4-2-3-13-7-12(11-23-17(13)15)9-20-16(21)8-14-10-18-5-6-19-14/h2-6,10,12H,7-9,11H2,1H3,(H,20,21)/t12-/m1/s1. The van der Waals surface area contributed by atoms with Crippen molar-refractivity contribution in [3.63, 3.8) is 0 Å². The smallest absolute Gasteiger partial charge is 0.226 e. The van der Waals surface area contributed by atoms with Crippen LogP contribution in [-0.4, -0.2) is 36.1 Å². The average molecular weight is 313 g/mol. The van der Waals surface area contributed by atoms with Crippen LogP contribution in [0.2, 0.25) is 0 Å². The Labute approximate surface area is 134 Å². The number of hydrogen-bond donors (Lipinski definition) is 1. The second-order valence-corrected chi connectivity index (χ2v) is 5.51. The Kier molecular flexibility index (Phi) is 4.71. The van der Waals surface area contributed by atoms with E-state index in [4.69, 9.17) is 9.47 Å². The molecule has 1 aliphatic rings. The average Bonchev–Trinajstić information content (AvgIpc) is 2.60. The molecule has 120 valence electrons. The Morgan fingerprint density at radius 2 is 2.35 bits per heavy atom. The molecule has 0 unspecified atom stereocenters. The van der Waals surface area contributed by atoms with E-state index in [1.54, 1.807) is 25.7 Å². The van der Waals surface area contributed by atoms with Crippen LogP contribution >= 0.6 is 0 Å². The zero-order chi connectivity index (χ0) is 16.1. The van der Waals surface area contributed by atoms with Gasteiger partial charge in [0.25, 0.3) is 0 Å². The minimum Gasteiger partial charge on any atom is -0.493 e. The second-order valence-electron chi connectivity index (χ2n) is 5.51. The molecule has 1 aromatic carbocycles. The molecule has 0 bridgehead atoms. The molecule has 0 saturated heterocycles. The first-order valence-corrected chi connectivity index (χ1v) is 7.56. The van der Waals surface area contributed by atoms with E-state index >= 15 is 0 Å². The van der Waals surface area contributed by atoms with Crippen molar-refractivity contribution < 1.29 is 14.3 Å². The third kappa shape index (κ3) is 3.77. The van der Waals surface area contributed by atoms with Gasteiger partial charge in [-0.25, -0.2) is 0 Å². The summed E-state index contributed by atoms with van der Waals surface area (Å²) in [7, 11) is 1.64. The summed E-state index contributed by atoms with van der Waals surface area (Å²) in [5.74, 6) is 1.77. The maximum Gasteiger partial charge on any atom is 0.226 e. The summed E-state index contributed by atoms with van der Waals surface area (Å²) in [6.45, 7) is 1.15. The number of nitrogens with zero attached hydrogens (tertiary/aromatic N) is 2. The van der Waals surface area contributed by atoms with Crippen LogP contribution in [0.4, 0.5) is 0 Å². The van der Waals surface area contributed by atoms with Crippen LogP contribution in [0.1, 0.15) is 11.3 Å². The first-order valence-electron chi connectivity index (χ1n) is 7.56. The van der Waals surface area contributed by atoms with Crippen molar-refractivity contribution in [3.05, 3.63) is 48.0 Å². The number of benzene rings is 1. The molecule has 23 heavy (non-hydrogen) atoms. The van der Waals surface area contributed by atoms with E-state index in [0.29, 0.717) is 18.8 Å². The summed E-state index contributed by atoms with van der Waals surface area (Å²) in [5, 5.41) is 2.94. The highest BCUT2D eigenvalue weighted by Gasteiger charge is 2.23. The third-order valence-electron chi connectivity index (χ3n) is 3.80. The van der Waals surface area contributed by atoms with Gasteiger partial charge in [-0.15, -0.1) is 0 Å². The van der Waals surface area contributed by atoms with Crippen molar-refractivity contribution in [1.29, 1.82) is 0 Å². The van der Waals surface area contributed by atoms with Crippen LogP contribution in [-0.2, 0) is 17.6 Å². The van der Waals surface area contributed by atoms with Gasteiger partial charge in [0.2, 0.25) is 5.91 Å². The topological polar surface area (TPSA) is 73.3 Å². The molecule has 1 aliphatic heterocycles. The van der Waals surface area contributed by atoms with E-state index in [-0.39, 0.29) is 18.2 Å². The molecule has 2 heterocycles. The van der Waals surface area contributed by atoms with Crippen molar-refractivity contribution in [2.45, 2.75) is 12.8 Å². The molecule has 6 nitrogen and oxygen atoms in total. The predicted octanol–water partition coefficient (Wildman–Crippen LogP) is 1.40. The molecule has 2 aromatic rings. The molecule has 3 rings (SSSR count). The SMILES string of the molecule is COc1cccc2c1OC[C@@H](CNC(=O)Cc1cnccn1)C2. The Hall–Kier alpha value is -2.63. The number of para-hydroxylation sites is 1. The number of rotatable bonds is 5. The molecule has 1 N–H and O–H groups in total. The number of fused-ring (bicyclic) bond motifs is 1. The molecule has 0 fully saturated rings. The summed E-state index contributed by atoms with van der Waals surface area (Å²) >= 11 is 0. The van der Waals surface area contributed by atoms with E-state index in [0.717, 1.165) is 23.5 Å². The summed E-state index contributed by atoms with van der Waals surface area (Å²) in [4.78, 5) is 20.0. The zero-order valence-electron chi connectivity index (χ0n) is 13.0. The van der Waals surface area contributed by atoms with Gasteiger partial charge in [0.05, 0.1) is 25.8 Å². The fourth-order valence-electron chi connectivity index (χ4n) is 2.66. The van der Waals surface area contributed by atoms with Crippen molar-refractivity contribution in [1.82, 2.24) is 15.3 Å². The fraction of sp³-hybridized carbons (Fsp3) is 0.353. The van der Waals surface area contributed by atoms with E-state index in [9.17, 15) is 4.79 Å². The predicted molar refractivity (Wildman–Crippen MR) is 84.4 cm³/mol. The summed E-state index contributed by atoms with van der Waals surface area (Å²) in [6, 6.07) is 5.88. The lowest BCUT2D eigenvalue weighted by Crippen LogP contribution is -2.35. The minimum absolute atomic E-state index is 0.0538. The summed E-state index contributed by atoms with van der Waals surface area (Å²) in [6.07, 6.45) is 5.88. The number of carbonyl (C=O) groups is 1. The lowest BCUT2D eigenvalue weighted by atomic mass is 9.96. The van der Waals surface area contributed by atoms with Gasteiger partial charge in [0.15, 0.2) is 11.5 Å². The largest absolute Gasteiger partial charge is 0.493 e. The Bertz CT molecular complexity index is 676. The van der Waals surface area contributed by atoms with Gasteiger partial charge >= 0.3 is 0 Å². The lowest BCUT2D eigenvalue weighted by molar-refractivity contribution is -0.120. The van der Waals surface area contributed by atoms with Crippen LogP contribution in [0, 0.1) is 5.92 Å². The molecular formula is C17H19N3O3. The van der Waals surface area contributed by atoms with Crippen molar-refractivity contribution in [2.75, 3.05) is 20.3 Å². The minimum atomic E-state index is -0.0538. The lowest BCUT2D eigenvalue weighted by Gasteiger charge is -2.26. The highest BCUT2D eigenvalue weighted by atomic mass is 16.5. The zero-order valence-corrected chi connectivity index (χ0v) is 13.0. The van der Waals surface area contributed by atoms with Gasteiger partial charge in [-0.3, -0.25) is 14.8 Å². The number of aromatic nitrogens is 2. The van der Waals surface area contributed by atoms with Crippen LogP contribution in [0.3, 0.4) is 0 Å². The number of carbonyl (C=O) groups excluding carboxylic acids is 1. The molecule has 1 amide bonds. The molecule has 1 atom stereocenters. The van der Waals surface area contributed by atoms with Crippen LogP contribution < -0.4 is 14.8 Å². The molecule has 6 heteroatoms. The van der Waals surface area contributed by atoms with Gasteiger partial charge in [-0.05, 0) is 18.1 Å². The van der Waals surface area contributed by atoms with Gasteiger partial charge in [0.1, 0.15) is 0 Å². The second kappa shape index (κ2) is 7.09. The molecule has 0 radical (unpaired) electrons. The number of nitrogens with one attached hydrogen (secondary N) is 1. The van der Waals surface area contributed by atoms with Crippen molar-refractivity contribution >= 4 is 5.91 Å². The van der Waals surface area contributed by atoms with Crippen LogP contribution in [0.25, 0.3) is 0 Å². The number of methoxy groups -OCH3 is 1. The number of hydrogen-bond acceptors (Lipinski definition) is 5. The highest BCUT2D eigenvalue weighted by molar-refractivity contribution is 5.77. The highest BCUT2D eigenvalue weighted by Crippen LogP contribution is 2.35. The maximum absolute atomic E-state index is 12.0. The van der Waals surface area contributed by atoms with E-state index in [1.165, 1.54) is 0 Å². The van der Waals surface area contributed by atoms with Crippen LogP contribution in [0.5, 0.6) is 11.5 Å². The maximum atomic E-state index is 12.0. The number of amides is 1. The quantitative estimate of drug-likeness (QED) is 0.903. The molecule has 0 aliphatic carbocycles. The molecule has 0 spiro atoms. The summed E-state index contributed by atoms with van der Waals surface area (Å²) in [5.41, 5.74) is 1.78. The van der Waals surface area contributed by atoms with Crippen molar-refractivity contribution in [2.24, 2.45) is 5.92 Å². The first kappa shape index (κ1) is 15.3. The molecule has 0 saturated carbocycles. The monoisotopic (exact) mass is 313 g/mol. The van der Waals surface area contributed by atoms with E-state index in [1.807, 2.05) is 18.2 Å². The first-order chi connectivity index (χ1) is 11.3. The normalized spacial score (nSPS) is 16.1.